The molecule has 1 aliphatic rings. The third kappa shape index (κ3) is 4.12. The van der Waals surface area contributed by atoms with Gasteiger partial charge in [-0.2, -0.15) is 0 Å². The van der Waals surface area contributed by atoms with Gasteiger partial charge in [0, 0.05) is 15.3 Å². The first-order valence-corrected chi connectivity index (χ1v) is 8.35. The number of esters is 2. The molecular formula is C16H20INO4. The first kappa shape index (κ1) is 17.1. The Morgan fingerprint density at radius 1 is 1.23 bits per heavy atom. The third-order valence-electron chi connectivity index (χ3n) is 3.96. The lowest BCUT2D eigenvalue weighted by molar-refractivity contribution is -0.146. The summed E-state index contributed by atoms with van der Waals surface area (Å²) in [6.07, 6.45) is 3.52. The van der Waals surface area contributed by atoms with Crippen LogP contribution in [0.3, 0.4) is 0 Å². The Hall–Kier alpha value is -1.31. The molecule has 0 bridgehead atoms. The normalized spacial score (nSPS) is 21.0. The number of hydrogen-bond acceptors (Lipinski definition) is 5. The lowest BCUT2D eigenvalue weighted by Gasteiger charge is -2.29. The summed E-state index contributed by atoms with van der Waals surface area (Å²) in [5.74, 6) is -0.578. The lowest BCUT2D eigenvalue weighted by Crippen LogP contribution is -2.32. The van der Waals surface area contributed by atoms with Crippen LogP contribution in [0.2, 0.25) is 0 Å². The van der Waals surface area contributed by atoms with E-state index < -0.39 is 0 Å². The number of benzene rings is 1. The van der Waals surface area contributed by atoms with Gasteiger partial charge in [-0.25, -0.2) is 4.79 Å². The Labute approximate surface area is 143 Å². The van der Waals surface area contributed by atoms with Gasteiger partial charge in [-0.05, 0) is 60.1 Å². The van der Waals surface area contributed by atoms with Gasteiger partial charge in [-0.1, -0.05) is 6.42 Å². The van der Waals surface area contributed by atoms with E-state index in [0.717, 1.165) is 34.9 Å². The van der Waals surface area contributed by atoms with Crippen LogP contribution >= 0.6 is 22.6 Å². The molecule has 2 unspecified atom stereocenters. The number of methoxy groups -OCH3 is 2. The average Bonchev–Trinajstić information content (AvgIpc) is 2.55. The molecule has 6 heteroatoms. The highest BCUT2D eigenvalue weighted by molar-refractivity contribution is 14.1. The molecule has 22 heavy (non-hydrogen) atoms. The molecule has 1 N–H and O–H groups in total. The Morgan fingerprint density at radius 3 is 2.68 bits per heavy atom. The molecule has 120 valence electrons. The molecule has 1 saturated carbocycles. The van der Waals surface area contributed by atoms with Crippen LogP contribution in [0.4, 0.5) is 5.69 Å². The largest absolute Gasteiger partial charge is 0.469 e. The maximum absolute atomic E-state index is 11.9. The fourth-order valence-electron chi connectivity index (χ4n) is 2.84. The number of carbonyl (C=O) groups excluding carboxylic acids is 2. The Balaban J connectivity index is 2.13. The topological polar surface area (TPSA) is 64.6 Å². The molecule has 2 rings (SSSR count). The number of halogens is 1. The second kappa shape index (κ2) is 7.80. The number of anilines is 1. The summed E-state index contributed by atoms with van der Waals surface area (Å²) in [5.41, 5.74) is 1.28. The maximum Gasteiger partial charge on any atom is 0.339 e. The van der Waals surface area contributed by atoms with E-state index in [1.165, 1.54) is 14.2 Å². The predicted molar refractivity (Wildman–Crippen MR) is 91.9 cm³/mol. The van der Waals surface area contributed by atoms with Gasteiger partial charge in [0.05, 0.1) is 25.7 Å². The van der Waals surface area contributed by atoms with Crippen LogP contribution in [0.1, 0.15) is 36.0 Å². The van der Waals surface area contributed by atoms with Crippen molar-refractivity contribution in [2.24, 2.45) is 5.92 Å². The van der Waals surface area contributed by atoms with E-state index in [-0.39, 0.29) is 23.9 Å². The van der Waals surface area contributed by atoms with E-state index in [4.69, 9.17) is 9.47 Å². The highest BCUT2D eigenvalue weighted by atomic mass is 127. The van der Waals surface area contributed by atoms with Crippen LogP contribution in [0.25, 0.3) is 0 Å². The number of hydrogen-bond donors (Lipinski definition) is 1. The average molecular weight is 417 g/mol. The van der Waals surface area contributed by atoms with Crippen molar-refractivity contribution in [1.29, 1.82) is 0 Å². The minimum Gasteiger partial charge on any atom is -0.469 e. The van der Waals surface area contributed by atoms with Crippen molar-refractivity contribution in [3.05, 3.63) is 27.3 Å². The van der Waals surface area contributed by atoms with Crippen molar-refractivity contribution in [1.82, 2.24) is 0 Å². The summed E-state index contributed by atoms with van der Waals surface area (Å²) < 4.78 is 10.7. The van der Waals surface area contributed by atoms with Crippen molar-refractivity contribution in [3.63, 3.8) is 0 Å². The monoisotopic (exact) mass is 417 g/mol. The molecule has 2 atom stereocenters. The van der Waals surface area contributed by atoms with Crippen LogP contribution in [0.15, 0.2) is 18.2 Å². The minimum atomic E-state index is -0.360. The summed E-state index contributed by atoms with van der Waals surface area (Å²) in [4.78, 5) is 23.6. The van der Waals surface area contributed by atoms with E-state index in [1.807, 2.05) is 12.1 Å². The zero-order chi connectivity index (χ0) is 16.1. The fourth-order valence-corrected chi connectivity index (χ4v) is 3.33. The van der Waals surface area contributed by atoms with E-state index in [0.29, 0.717) is 5.56 Å². The second-order valence-corrected chi connectivity index (χ2v) is 6.66. The third-order valence-corrected chi connectivity index (χ3v) is 4.63. The molecule has 5 nitrogen and oxygen atoms in total. The molecule has 1 aliphatic carbocycles. The highest BCUT2D eigenvalue weighted by Crippen LogP contribution is 2.29. The van der Waals surface area contributed by atoms with Crippen LogP contribution in [0, 0.1) is 9.49 Å². The van der Waals surface area contributed by atoms with Gasteiger partial charge >= 0.3 is 11.9 Å². The first-order valence-electron chi connectivity index (χ1n) is 7.27. The Morgan fingerprint density at radius 2 is 2.00 bits per heavy atom. The van der Waals surface area contributed by atoms with Crippen molar-refractivity contribution >= 4 is 40.2 Å². The van der Waals surface area contributed by atoms with Crippen LogP contribution in [-0.4, -0.2) is 32.2 Å². The van der Waals surface area contributed by atoms with Gasteiger partial charge in [0.1, 0.15) is 0 Å². The molecule has 0 aliphatic heterocycles. The molecule has 0 aromatic heterocycles. The Bertz CT molecular complexity index is 561. The summed E-state index contributed by atoms with van der Waals surface area (Å²) in [6, 6.07) is 5.78. The van der Waals surface area contributed by atoms with Gasteiger partial charge < -0.3 is 14.8 Å². The molecule has 1 aromatic rings. The van der Waals surface area contributed by atoms with Crippen molar-refractivity contribution in [2.45, 2.75) is 31.7 Å². The van der Waals surface area contributed by atoms with E-state index >= 15 is 0 Å². The number of carbonyl (C=O) groups is 2. The highest BCUT2D eigenvalue weighted by Gasteiger charge is 2.28. The van der Waals surface area contributed by atoms with Crippen molar-refractivity contribution in [3.8, 4) is 0 Å². The van der Waals surface area contributed by atoms with Gasteiger partial charge in [0.25, 0.3) is 0 Å². The van der Waals surface area contributed by atoms with Gasteiger partial charge in [-0.3, -0.25) is 4.79 Å². The van der Waals surface area contributed by atoms with Crippen LogP contribution in [0.5, 0.6) is 0 Å². The van der Waals surface area contributed by atoms with Crippen LogP contribution in [-0.2, 0) is 14.3 Å². The predicted octanol–water partition coefficient (Wildman–Crippen LogP) is 3.22. The summed E-state index contributed by atoms with van der Waals surface area (Å²) >= 11 is 2.16. The molecule has 1 fully saturated rings. The van der Waals surface area contributed by atoms with Gasteiger partial charge in [0.15, 0.2) is 0 Å². The molecular weight excluding hydrogens is 397 g/mol. The fraction of sp³-hybridized carbons (Fsp3) is 0.500. The van der Waals surface area contributed by atoms with Crippen LogP contribution < -0.4 is 5.32 Å². The quantitative estimate of drug-likeness (QED) is 0.602. The lowest BCUT2D eigenvalue weighted by atomic mass is 9.85. The Kier molecular flexibility index (Phi) is 6.05. The molecule has 1 aromatic carbocycles. The molecule has 0 saturated heterocycles. The first-order chi connectivity index (χ1) is 10.5. The van der Waals surface area contributed by atoms with Crippen molar-refractivity contribution in [2.75, 3.05) is 19.5 Å². The molecule has 0 amide bonds. The summed E-state index contributed by atoms with van der Waals surface area (Å²) in [6.45, 7) is 0. The summed E-state index contributed by atoms with van der Waals surface area (Å²) in [7, 11) is 2.80. The summed E-state index contributed by atoms with van der Waals surface area (Å²) in [5, 5.41) is 3.39. The SMILES string of the molecule is COC(=O)c1cc(I)ccc1NC1CCCC(C(=O)OC)C1. The number of nitrogens with one attached hydrogen (secondary N) is 1. The smallest absolute Gasteiger partial charge is 0.339 e. The molecule has 0 spiro atoms. The maximum atomic E-state index is 11.9. The zero-order valence-electron chi connectivity index (χ0n) is 12.7. The minimum absolute atomic E-state index is 0.0679. The van der Waals surface area contributed by atoms with Gasteiger partial charge in [0.2, 0.25) is 0 Å². The standard InChI is InChI=1S/C16H20INO4/c1-21-15(19)10-4-3-5-12(8-10)18-14-7-6-11(17)9-13(14)16(20)22-2/h6-7,9-10,12,18H,3-5,8H2,1-2H3. The zero-order valence-corrected chi connectivity index (χ0v) is 14.9. The van der Waals surface area contributed by atoms with Crippen molar-refractivity contribution < 1.29 is 19.1 Å². The number of rotatable bonds is 4. The molecule has 0 radical (unpaired) electrons. The number of ether oxygens (including phenoxy) is 2. The molecule has 0 heterocycles. The van der Waals surface area contributed by atoms with E-state index in [2.05, 4.69) is 27.9 Å². The van der Waals surface area contributed by atoms with Gasteiger partial charge in [-0.15, -0.1) is 0 Å². The second-order valence-electron chi connectivity index (χ2n) is 5.41. The van der Waals surface area contributed by atoms with E-state index in [9.17, 15) is 9.59 Å². The van der Waals surface area contributed by atoms with E-state index in [1.54, 1.807) is 6.07 Å².